The summed E-state index contributed by atoms with van der Waals surface area (Å²) in [4.78, 5) is 0. The molecule has 2 spiro atoms. The summed E-state index contributed by atoms with van der Waals surface area (Å²) in [6.07, 6.45) is 8.49. The van der Waals surface area contributed by atoms with Crippen molar-refractivity contribution in [2.24, 2.45) is 44.8 Å². The van der Waals surface area contributed by atoms with Gasteiger partial charge in [0.2, 0.25) is 0 Å². The van der Waals surface area contributed by atoms with E-state index in [1.807, 2.05) is 0 Å². The van der Waals surface area contributed by atoms with Crippen LogP contribution in [0.3, 0.4) is 0 Å². The van der Waals surface area contributed by atoms with Gasteiger partial charge in [-0.25, -0.2) is 0 Å². The van der Waals surface area contributed by atoms with Gasteiger partial charge in [0.1, 0.15) is 13.6 Å². The predicted octanol–water partition coefficient (Wildman–Crippen LogP) is 5.69. The van der Waals surface area contributed by atoms with Gasteiger partial charge in [-0.3, -0.25) is 0 Å². The quantitative estimate of drug-likeness (QED) is 0.358. The van der Waals surface area contributed by atoms with E-state index in [0.717, 1.165) is 44.9 Å². The molecule has 0 aromatic heterocycles. The lowest BCUT2D eigenvalue weighted by Gasteiger charge is -2.64. The van der Waals surface area contributed by atoms with Crippen molar-refractivity contribution in [2.45, 2.75) is 142 Å². The Morgan fingerprint density at radius 1 is 0.829 bits per heavy atom. The molecule has 1 heterocycles. The number of rotatable bonds is 8. The van der Waals surface area contributed by atoms with E-state index in [-0.39, 0.29) is 82.5 Å². The van der Waals surface area contributed by atoms with Crippen LogP contribution in [0.2, 0.25) is 0 Å². The highest BCUT2D eigenvalue weighted by Gasteiger charge is 2.85. The average molecular weight is 579 g/mol. The normalized spacial score (nSPS) is 53.8. The third-order valence-electron chi connectivity index (χ3n) is 14.7. The van der Waals surface area contributed by atoms with Crippen LogP contribution in [0.15, 0.2) is 0 Å². The maximum Gasteiger partial charge on any atom is 0.147 e. The van der Waals surface area contributed by atoms with Crippen LogP contribution in [0.1, 0.15) is 106 Å². The average Bonchev–Trinajstić information content (AvgIpc) is 3.24. The molecule has 12 atom stereocenters. The molecular weight excluding hydrogens is 520 g/mol. The van der Waals surface area contributed by atoms with E-state index in [4.69, 9.17) is 23.7 Å². The van der Waals surface area contributed by atoms with Crippen molar-refractivity contribution < 1.29 is 33.9 Å². The number of aliphatic hydroxyl groups is 2. The van der Waals surface area contributed by atoms with Crippen LogP contribution in [0.25, 0.3) is 0 Å². The number of fused-ring (bicyclic) bond motifs is 2. The third-order valence-corrected chi connectivity index (χ3v) is 14.7. The molecule has 1 aliphatic heterocycles. The Hall–Kier alpha value is -0.280. The molecule has 0 bridgehead atoms. The minimum Gasteiger partial charge on any atom is -0.393 e. The van der Waals surface area contributed by atoms with Crippen LogP contribution in [-0.2, 0) is 23.7 Å². The van der Waals surface area contributed by atoms with Crippen molar-refractivity contribution in [1.82, 2.24) is 0 Å². The van der Waals surface area contributed by atoms with Crippen molar-refractivity contribution in [2.75, 3.05) is 27.8 Å². The predicted molar refractivity (Wildman–Crippen MR) is 156 cm³/mol. The molecule has 6 aliphatic rings. The van der Waals surface area contributed by atoms with Gasteiger partial charge in [0.05, 0.1) is 35.6 Å². The Balaban J connectivity index is 1.35. The van der Waals surface area contributed by atoms with Crippen molar-refractivity contribution in [3.05, 3.63) is 0 Å². The maximum atomic E-state index is 11.9. The summed E-state index contributed by atoms with van der Waals surface area (Å²) in [7, 11) is 3.37. The summed E-state index contributed by atoms with van der Waals surface area (Å²) < 4.78 is 30.5. The summed E-state index contributed by atoms with van der Waals surface area (Å²) >= 11 is 0. The summed E-state index contributed by atoms with van der Waals surface area (Å²) in [5, 5.41) is 22.9. The number of ether oxygens (including phenoxy) is 5. The molecule has 5 saturated carbocycles. The monoisotopic (exact) mass is 578 g/mol. The number of aliphatic hydroxyl groups excluding tert-OH is 2. The smallest absolute Gasteiger partial charge is 0.147 e. The highest BCUT2D eigenvalue weighted by molar-refractivity contribution is 5.33. The second-order valence-corrected chi connectivity index (χ2v) is 16.9. The number of methoxy groups -OCH3 is 2. The van der Waals surface area contributed by atoms with Gasteiger partial charge in [-0.05, 0) is 117 Å². The highest BCUT2D eigenvalue weighted by atomic mass is 16.7. The van der Waals surface area contributed by atoms with Crippen molar-refractivity contribution in [3.63, 3.8) is 0 Å². The molecule has 2 N–H and O–H groups in total. The van der Waals surface area contributed by atoms with E-state index < -0.39 is 5.60 Å². The minimum absolute atomic E-state index is 0.00251. The fourth-order valence-electron chi connectivity index (χ4n) is 12.7. The molecule has 236 valence electrons. The fraction of sp³-hybridized carbons (Fsp3) is 1.00. The molecule has 2 unspecified atom stereocenters. The molecule has 0 amide bonds. The first kappa shape index (κ1) is 30.7. The topological polar surface area (TPSA) is 86.6 Å². The van der Waals surface area contributed by atoms with E-state index in [1.54, 1.807) is 14.2 Å². The first-order chi connectivity index (χ1) is 19.1. The van der Waals surface area contributed by atoms with Crippen molar-refractivity contribution in [3.8, 4) is 0 Å². The molecule has 0 aromatic rings. The molecule has 5 aliphatic carbocycles. The summed E-state index contributed by atoms with van der Waals surface area (Å²) in [5.41, 5.74) is -0.615. The summed E-state index contributed by atoms with van der Waals surface area (Å²) in [6, 6.07) is 0. The van der Waals surface area contributed by atoms with E-state index in [2.05, 4.69) is 48.5 Å². The van der Waals surface area contributed by atoms with Gasteiger partial charge in [-0.15, -0.1) is 0 Å². The lowest BCUT2D eigenvalue weighted by atomic mass is 9.41. The second kappa shape index (κ2) is 9.61. The van der Waals surface area contributed by atoms with Gasteiger partial charge in [0.15, 0.2) is 0 Å². The first-order valence-electron chi connectivity index (χ1n) is 16.4. The standard InChI is InChI=1S/C34H58O7/c1-28(2)24(36)10-13-34-18-33(34)15-14-30(5)27(32(7)12-11-25(41-32)29(3,4)40-20-38-9)22(39-19-37-8)17-31(30,6)23(33)16-21(35)26(28)34/h21-27,35-36H,10-20H2,1-9H3/t21-,22-,23-,24-,25-,26-,27?,30+,31-,32+,33?,34+/m0/s1. The highest BCUT2D eigenvalue weighted by Crippen LogP contribution is 2.89. The van der Waals surface area contributed by atoms with Crippen LogP contribution >= 0.6 is 0 Å². The Labute approximate surface area is 248 Å². The number of hydrogen-bond acceptors (Lipinski definition) is 7. The number of hydrogen-bond donors (Lipinski definition) is 2. The zero-order chi connectivity index (χ0) is 29.9. The van der Waals surface area contributed by atoms with Crippen LogP contribution in [0.5, 0.6) is 0 Å². The van der Waals surface area contributed by atoms with Gasteiger partial charge in [-0.2, -0.15) is 0 Å². The van der Waals surface area contributed by atoms with Gasteiger partial charge in [-0.1, -0.05) is 27.7 Å². The Morgan fingerprint density at radius 2 is 1.54 bits per heavy atom. The lowest BCUT2D eigenvalue weighted by molar-refractivity contribution is -0.225. The van der Waals surface area contributed by atoms with Gasteiger partial charge in [0.25, 0.3) is 0 Å². The second-order valence-electron chi connectivity index (χ2n) is 16.9. The third kappa shape index (κ3) is 3.94. The molecule has 0 radical (unpaired) electrons. The summed E-state index contributed by atoms with van der Waals surface area (Å²) in [5.74, 6) is 0.823. The van der Waals surface area contributed by atoms with Crippen LogP contribution < -0.4 is 0 Å². The first-order valence-corrected chi connectivity index (χ1v) is 16.4. The molecule has 1 saturated heterocycles. The van der Waals surface area contributed by atoms with Crippen LogP contribution in [-0.4, -0.2) is 73.6 Å². The SMILES string of the molecule is COCO[C@H]1C[C@@]2(C)[C@@H]3C[C@H](O)[C@H]4C(C)(C)[C@@H](O)CC[C@@]45CC35CC[C@]2(C)C1[C@@]1(C)CC[C@@H](C(C)(C)OCOC)O1. The van der Waals surface area contributed by atoms with Gasteiger partial charge < -0.3 is 33.9 Å². The molecule has 6 fully saturated rings. The van der Waals surface area contributed by atoms with Crippen molar-refractivity contribution in [1.29, 1.82) is 0 Å². The molecular formula is C34H58O7. The zero-order valence-corrected chi connectivity index (χ0v) is 27.3. The molecule has 41 heavy (non-hydrogen) atoms. The van der Waals surface area contributed by atoms with Crippen molar-refractivity contribution >= 4 is 0 Å². The molecule has 6 rings (SSSR count). The van der Waals surface area contributed by atoms with Crippen LogP contribution in [0.4, 0.5) is 0 Å². The zero-order valence-electron chi connectivity index (χ0n) is 27.3. The van der Waals surface area contributed by atoms with Gasteiger partial charge in [0, 0.05) is 20.1 Å². The van der Waals surface area contributed by atoms with E-state index in [0.29, 0.717) is 5.92 Å². The summed E-state index contributed by atoms with van der Waals surface area (Å²) in [6.45, 7) is 16.6. The molecule has 7 heteroatoms. The lowest BCUT2D eigenvalue weighted by Crippen LogP contribution is -2.62. The Kier molecular flexibility index (Phi) is 7.20. The van der Waals surface area contributed by atoms with E-state index in [9.17, 15) is 10.2 Å². The van der Waals surface area contributed by atoms with Gasteiger partial charge >= 0.3 is 0 Å². The van der Waals surface area contributed by atoms with E-state index in [1.165, 1.54) is 12.8 Å². The van der Waals surface area contributed by atoms with E-state index >= 15 is 0 Å². The maximum absolute atomic E-state index is 11.9. The Bertz CT molecular complexity index is 1020. The fourth-order valence-corrected chi connectivity index (χ4v) is 12.7. The van der Waals surface area contributed by atoms with Crippen LogP contribution in [0, 0.1) is 44.8 Å². The molecule has 7 nitrogen and oxygen atoms in total. The Morgan fingerprint density at radius 3 is 2.22 bits per heavy atom. The largest absolute Gasteiger partial charge is 0.393 e. The minimum atomic E-state index is -0.447. The molecule has 0 aromatic carbocycles.